The first kappa shape index (κ1) is 14.6. The van der Waals surface area contributed by atoms with Gasteiger partial charge in [0.05, 0.1) is 4.92 Å². The van der Waals surface area contributed by atoms with E-state index in [0.29, 0.717) is 11.6 Å². The molecule has 1 aromatic rings. The van der Waals surface area contributed by atoms with Crippen molar-refractivity contribution in [1.82, 2.24) is 4.98 Å². The van der Waals surface area contributed by atoms with Crippen molar-refractivity contribution in [2.75, 3.05) is 29.7 Å². The Morgan fingerprint density at radius 1 is 1.56 bits per heavy atom. The summed E-state index contributed by atoms with van der Waals surface area (Å²) in [5.74, 6) is 1.94. The third-order valence-corrected chi connectivity index (χ3v) is 3.11. The van der Waals surface area contributed by atoms with Gasteiger partial charge in [-0.3, -0.25) is 10.1 Å². The molecule has 0 aliphatic heterocycles. The van der Waals surface area contributed by atoms with Crippen LogP contribution in [0.5, 0.6) is 0 Å². The predicted molar refractivity (Wildman–Crippen MR) is 76.5 cm³/mol. The van der Waals surface area contributed by atoms with E-state index < -0.39 is 4.92 Å². The summed E-state index contributed by atoms with van der Waals surface area (Å²) < 4.78 is 0. The van der Waals surface area contributed by atoms with Gasteiger partial charge in [0.1, 0.15) is 5.82 Å². The number of nitrogens with one attached hydrogen (secondary N) is 2. The lowest BCUT2D eigenvalue weighted by atomic mass is 10.2. The zero-order valence-electron chi connectivity index (χ0n) is 10.8. The van der Waals surface area contributed by atoms with Gasteiger partial charge in [0.25, 0.3) is 0 Å². The Kier molecular flexibility index (Phi) is 5.70. The van der Waals surface area contributed by atoms with Crippen LogP contribution in [0.4, 0.5) is 17.3 Å². The Morgan fingerprint density at radius 2 is 2.28 bits per heavy atom. The van der Waals surface area contributed by atoms with Gasteiger partial charge in [-0.2, -0.15) is 11.8 Å². The van der Waals surface area contributed by atoms with Crippen LogP contribution in [0, 0.1) is 10.1 Å². The van der Waals surface area contributed by atoms with Crippen LogP contribution in [-0.4, -0.2) is 35.0 Å². The Bertz CT molecular complexity index is 414. The Balaban J connectivity index is 2.86. The van der Waals surface area contributed by atoms with E-state index in [1.807, 2.05) is 13.2 Å². The second-order valence-corrected chi connectivity index (χ2v) is 4.88. The number of thioether (sulfide) groups is 1. The molecule has 7 heteroatoms. The number of aromatic nitrogens is 1. The predicted octanol–water partition coefficient (Wildman–Crippen LogP) is 2.59. The summed E-state index contributed by atoms with van der Waals surface area (Å²) in [6.45, 7) is 1.99. The van der Waals surface area contributed by atoms with Crippen molar-refractivity contribution in [2.24, 2.45) is 0 Å². The van der Waals surface area contributed by atoms with Gasteiger partial charge in [0.2, 0.25) is 5.82 Å². The maximum absolute atomic E-state index is 10.9. The third-order valence-electron chi connectivity index (χ3n) is 2.46. The number of hydrogen-bond acceptors (Lipinski definition) is 6. The van der Waals surface area contributed by atoms with Gasteiger partial charge in [-0.15, -0.1) is 0 Å². The molecule has 1 atom stereocenters. The van der Waals surface area contributed by atoms with Crippen LogP contribution in [0.25, 0.3) is 0 Å². The standard InChI is InChI=1S/C11H18N4O2S/c1-8(6-7-18-3)13-11-9(15(16)17)4-5-10(12-2)14-11/h4-5,8H,6-7H2,1-3H3,(H2,12,13,14). The van der Waals surface area contributed by atoms with Crippen molar-refractivity contribution in [2.45, 2.75) is 19.4 Å². The largest absolute Gasteiger partial charge is 0.373 e. The van der Waals surface area contributed by atoms with Gasteiger partial charge >= 0.3 is 5.69 Å². The highest BCUT2D eigenvalue weighted by atomic mass is 32.2. The summed E-state index contributed by atoms with van der Waals surface area (Å²) in [7, 11) is 1.73. The molecule has 6 nitrogen and oxygen atoms in total. The summed E-state index contributed by atoms with van der Waals surface area (Å²) in [6, 6.07) is 3.20. The average molecular weight is 270 g/mol. The molecule has 0 aliphatic rings. The van der Waals surface area contributed by atoms with E-state index in [9.17, 15) is 10.1 Å². The molecule has 1 heterocycles. The summed E-state index contributed by atoms with van der Waals surface area (Å²) in [4.78, 5) is 14.7. The van der Waals surface area contributed by atoms with E-state index in [1.165, 1.54) is 6.07 Å². The maximum Gasteiger partial charge on any atom is 0.311 e. The SMILES string of the molecule is CNc1ccc([N+](=O)[O-])c(NC(C)CCSC)n1. The van der Waals surface area contributed by atoms with Crippen molar-refractivity contribution in [3.63, 3.8) is 0 Å². The van der Waals surface area contributed by atoms with Crippen LogP contribution >= 0.6 is 11.8 Å². The molecule has 0 saturated heterocycles. The molecule has 0 spiro atoms. The molecule has 1 aromatic heterocycles. The van der Waals surface area contributed by atoms with Gasteiger partial charge in [0.15, 0.2) is 0 Å². The van der Waals surface area contributed by atoms with Gasteiger partial charge < -0.3 is 10.6 Å². The first-order valence-electron chi connectivity index (χ1n) is 5.67. The highest BCUT2D eigenvalue weighted by molar-refractivity contribution is 7.98. The molecule has 0 radical (unpaired) electrons. The van der Waals surface area contributed by atoms with Gasteiger partial charge in [-0.1, -0.05) is 0 Å². The van der Waals surface area contributed by atoms with Crippen LogP contribution in [0.2, 0.25) is 0 Å². The lowest BCUT2D eigenvalue weighted by Crippen LogP contribution is -2.18. The fraction of sp³-hybridized carbons (Fsp3) is 0.545. The molecule has 1 unspecified atom stereocenters. The molecule has 0 amide bonds. The van der Waals surface area contributed by atoms with Gasteiger partial charge in [0, 0.05) is 19.2 Å². The van der Waals surface area contributed by atoms with E-state index in [-0.39, 0.29) is 11.7 Å². The molecule has 0 fully saturated rings. The smallest absolute Gasteiger partial charge is 0.311 e. The first-order chi connectivity index (χ1) is 8.58. The minimum atomic E-state index is -0.421. The molecule has 100 valence electrons. The van der Waals surface area contributed by atoms with Crippen molar-refractivity contribution in [3.05, 3.63) is 22.2 Å². The lowest BCUT2D eigenvalue weighted by molar-refractivity contribution is -0.384. The Morgan fingerprint density at radius 3 is 2.83 bits per heavy atom. The molecule has 18 heavy (non-hydrogen) atoms. The fourth-order valence-corrected chi connectivity index (χ4v) is 2.03. The second kappa shape index (κ2) is 7.05. The van der Waals surface area contributed by atoms with E-state index >= 15 is 0 Å². The number of rotatable bonds is 7. The van der Waals surface area contributed by atoms with Crippen molar-refractivity contribution in [1.29, 1.82) is 0 Å². The van der Waals surface area contributed by atoms with Crippen LogP contribution in [0.15, 0.2) is 12.1 Å². The number of hydrogen-bond donors (Lipinski definition) is 2. The topological polar surface area (TPSA) is 80.1 Å². The van der Waals surface area contributed by atoms with E-state index in [0.717, 1.165) is 12.2 Å². The summed E-state index contributed by atoms with van der Waals surface area (Å²) in [5, 5.41) is 16.9. The fourth-order valence-electron chi connectivity index (χ4n) is 1.44. The summed E-state index contributed by atoms with van der Waals surface area (Å²) in [5.41, 5.74) is 0.00463. The van der Waals surface area contributed by atoms with Crippen LogP contribution < -0.4 is 10.6 Å². The van der Waals surface area contributed by atoms with Gasteiger partial charge in [-0.25, -0.2) is 4.98 Å². The zero-order valence-corrected chi connectivity index (χ0v) is 11.6. The third kappa shape index (κ3) is 4.06. The number of anilines is 2. The molecular formula is C11H18N4O2S. The highest BCUT2D eigenvalue weighted by Crippen LogP contribution is 2.24. The van der Waals surface area contributed by atoms with Crippen LogP contribution in [-0.2, 0) is 0 Å². The molecule has 0 aromatic carbocycles. The van der Waals surface area contributed by atoms with Crippen molar-refractivity contribution in [3.8, 4) is 0 Å². The molecular weight excluding hydrogens is 252 g/mol. The minimum Gasteiger partial charge on any atom is -0.373 e. The summed E-state index contributed by atoms with van der Waals surface area (Å²) >= 11 is 1.75. The number of nitrogens with zero attached hydrogens (tertiary/aromatic N) is 2. The lowest BCUT2D eigenvalue weighted by Gasteiger charge is -2.14. The van der Waals surface area contributed by atoms with E-state index in [1.54, 1.807) is 24.9 Å². The molecule has 2 N–H and O–H groups in total. The highest BCUT2D eigenvalue weighted by Gasteiger charge is 2.17. The molecule has 0 saturated carbocycles. The average Bonchev–Trinajstić information content (AvgIpc) is 2.35. The number of pyridine rings is 1. The summed E-state index contributed by atoms with van der Waals surface area (Å²) in [6.07, 6.45) is 2.97. The maximum atomic E-state index is 10.9. The zero-order chi connectivity index (χ0) is 13.5. The monoisotopic (exact) mass is 270 g/mol. The van der Waals surface area contributed by atoms with Gasteiger partial charge in [-0.05, 0) is 31.4 Å². The van der Waals surface area contributed by atoms with Crippen molar-refractivity contribution < 1.29 is 4.92 Å². The van der Waals surface area contributed by atoms with E-state index in [2.05, 4.69) is 15.6 Å². The molecule has 0 aliphatic carbocycles. The van der Waals surface area contributed by atoms with E-state index in [4.69, 9.17) is 0 Å². The molecule has 1 rings (SSSR count). The first-order valence-corrected chi connectivity index (χ1v) is 7.06. The van der Waals surface area contributed by atoms with Crippen molar-refractivity contribution >= 4 is 29.1 Å². The Labute approximate surface area is 111 Å². The Hall–Kier alpha value is -1.50. The normalized spacial score (nSPS) is 11.9. The minimum absolute atomic E-state index is 0.00463. The molecule has 0 bridgehead atoms. The van der Waals surface area contributed by atoms with Crippen LogP contribution in [0.1, 0.15) is 13.3 Å². The second-order valence-electron chi connectivity index (χ2n) is 3.90. The quantitative estimate of drug-likeness (QED) is 0.585. The number of nitro groups is 1. The van der Waals surface area contributed by atoms with Crippen LogP contribution in [0.3, 0.4) is 0 Å².